The highest BCUT2D eigenvalue weighted by Crippen LogP contribution is 2.43. The first kappa shape index (κ1) is 13.4. The number of nitrogens with zero attached hydrogens (tertiary/aromatic N) is 2. The topological polar surface area (TPSA) is 61.0 Å². The molecule has 104 valence electrons. The summed E-state index contributed by atoms with van der Waals surface area (Å²) in [5.41, 5.74) is 8.17. The van der Waals surface area contributed by atoms with E-state index in [4.69, 9.17) is 10.5 Å². The van der Waals surface area contributed by atoms with Gasteiger partial charge in [-0.1, -0.05) is 12.1 Å². The van der Waals surface area contributed by atoms with E-state index < -0.39 is 0 Å². The van der Waals surface area contributed by atoms with Crippen molar-refractivity contribution < 1.29 is 4.74 Å². The molecule has 2 aromatic rings. The van der Waals surface area contributed by atoms with Gasteiger partial charge in [0, 0.05) is 12.3 Å². The zero-order valence-corrected chi connectivity index (χ0v) is 12.9. The van der Waals surface area contributed by atoms with Crippen LogP contribution in [-0.2, 0) is 6.42 Å². The summed E-state index contributed by atoms with van der Waals surface area (Å²) in [5, 5.41) is 0. The van der Waals surface area contributed by atoms with Crippen molar-refractivity contribution in [2.45, 2.75) is 25.2 Å². The molecule has 0 saturated heterocycles. The zero-order valence-electron chi connectivity index (χ0n) is 11.3. The predicted octanol–water partition coefficient (Wildman–Crippen LogP) is 3.30. The molecule has 0 radical (unpaired) electrons. The van der Waals surface area contributed by atoms with Gasteiger partial charge in [0.15, 0.2) is 0 Å². The van der Waals surface area contributed by atoms with E-state index >= 15 is 0 Å². The Balaban J connectivity index is 1.86. The Hall–Kier alpha value is -1.62. The predicted molar refractivity (Wildman–Crippen MR) is 81.9 cm³/mol. The van der Waals surface area contributed by atoms with Crippen molar-refractivity contribution in [2.24, 2.45) is 0 Å². The Morgan fingerprint density at radius 3 is 2.55 bits per heavy atom. The van der Waals surface area contributed by atoms with Crippen LogP contribution in [0.4, 0.5) is 5.82 Å². The number of rotatable bonds is 4. The van der Waals surface area contributed by atoms with Gasteiger partial charge in [0.05, 0.1) is 17.3 Å². The molecule has 1 aliphatic rings. The number of methoxy groups -OCH3 is 1. The molecule has 20 heavy (non-hydrogen) atoms. The van der Waals surface area contributed by atoms with E-state index in [0.29, 0.717) is 18.2 Å². The van der Waals surface area contributed by atoms with Crippen LogP contribution in [0.25, 0.3) is 0 Å². The molecule has 2 N–H and O–H groups in total. The van der Waals surface area contributed by atoms with Crippen LogP contribution in [-0.4, -0.2) is 17.1 Å². The highest BCUT2D eigenvalue weighted by atomic mass is 79.9. The maximum atomic E-state index is 5.97. The Morgan fingerprint density at radius 2 is 1.95 bits per heavy atom. The second-order valence-corrected chi connectivity index (χ2v) is 5.82. The second kappa shape index (κ2) is 5.40. The minimum absolute atomic E-state index is 0.533. The summed E-state index contributed by atoms with van der Waals surface area (Å²) in [4.78, 5) is 9.03. The Morgan fingerprint density at radius 1 is 1.25 bits per heavy atom. The number of aromatic nitrogens is 2. The first-order valence-electron chi connectivity index (χ1n) is 6.62. The van der Waals surface area contributed by atoms with Crippen LogP contribution >= 0.6 is 15.9 Å². The van der Waals surface area contributed by atoms with Crippen LogP contribution in [0.2, 0.25) is 0 Å². The number of nitrogens with two attached hydrogens (primary N) is 1. The Labute approximate surface area is 126 Å². The van der Waals surface area contributed by atoms with Crippen LogP contribution in [0.3, 0.4) is 0 Å². The average Bonchev–Trinajstić information content (AvgIpc) is 3.28. The van der Waals surface area contributed by atoms with Crippen LogP contribution in [0.15, 0.2) is 28.7 Å². The molecule has 1 saturated carbocycles. The van der Waals surface area contributed by atoms with Crippen molar-refractivity contribution in [1.82, 2.24) is 9.97 Å². The molecule has 1 fully saturated rings. The fourth-order valence-electron chi connectivity index (χ4n) is 2.16. The minimum atomic E-state index is 0.533. The molecule has 5 heteroatoms. The second-order valence-electron chi connectivity index (χ2n) is 5.02. The van der Waals surface area contributed by atoms with E-state index in [9.17, 15) is 0 Å². The lowest BCUT2D eigenvalue weighted by Gasteiger charge is -2.08. The molecule has 1 aliphatic carbocycles. The van der Waals surface area contributed by atoms with Gasteiger partial charge in [0.1, 0.15) is 17.4 Å². The quantitative estimate of drug-likeness (QED) is 0.932. The molecule has 0 unspecified atom stereocenters. The van der Waals surface area contributed by atoms with Gasteiger partial charge in [-0.25, -0.2) is 9.97 Å². The molecule has 4 nitrogen and oxygen atoms in total. The maximum Gasteiger partial charge on any atom is 0.141 e. The molecule has 0 bridgehead atoms. The lowest BCUT2D eigenvalue weighted by Crippen LogP contribution is -2.05. The third-order valence-electron chi connectivity index (χ3n) is 3.43. The molecule has 1 aromatic heterocycles. The molecule has 3 rings (SSSR count). The van der Waals surface area contributed by atoms with E-state index in [-0.39, 0.29) is 0 Å². The highest BCUT2D eigenvalue weighted by molar-refractivity contribution is 9.10. The molecule has 0 aliphatic heterocycles. The van der Waals surface area contributed by atoms with Crippen molar-refractivity contribution in [2.75, 3.05) is 12.8 Å². The van der Waals surface area contributed by atoms with E-state index in [1.165, 1.54) is 12.8 Å². The average molecular weight is 334 g/mol. The van der Waals surface area contributed by atoms with Gasteiger partial charge in [0.2, 0.25) is 0 Å². The summed E-state index contributed by atoms with van der Waals surface area (Å²) in [5.74, 6) is 2.70. The number of anilines is 1. The van der Waals surface area contributed by atoms with E-state index in [0.717, 1.165) is 27.3 Å². The van der Waals surface area contributed by atoms with Gasteiger partial charge in [-0.2, -0.15) is 0 Å². The van der Waals surface area contributed by atoms with Crippen LogP contribution in [0, 0.1) is 0 Å². The first-order valence-corrected chi connectivity index (χ1v) is 7.41. The molecule has 1 aromatic carbocycles. The fraction of sp³-hybridized carbons (Fsp3) is 0.333. The van der Waals surface area contributed by atoms with Gasteiger partial charge < -0.3 is 10.5 Å². The fourth-order valence-corrected chi connectivity index (χ4v) is 2.67. The SMILES string of the molecule is COc1ccc(Cc2nc(N)c(Br)c(C3CC3)n2)cc1. The van der Waals surface area contributed by atoms with Crippen LogP contribution in [0.1, 0.15) is 35.8 Å². The monoisotopic (exact) mass is 333 g/mol. The van der Waals surface area contributed by atoms with Crippen molar-refractivity contribution in [3.05, 3.63) is 45.8 Å². The van der Waals surface area contributed by atoms with Crippen molar-refractivity contribution in [3.63, 3.8) is 0 Å². The molecule has 0 atom stereocenters. The van der Waals surface area contributed by atoms with Crippen LogP contribution < -0.4 is 10.5 Å². The minimum Gasteiger partial charge on any atom is -0.497 e. The van der Waals surface area contributed by atoms with Crippen LogP contribution in [0.5, 0.6) is 5.75 Å². The van der Waals surface area contributed by atoms with E-state index in [2.05, 4.69) is 25.9 Å². The third kappa shape index (κ3) is 2.77. The summed E-state index contributed by atoms with van der Waals surface area (Å²) in [6.45, 7) is 0. The number of hydrogen-bond acceptors (Lipinski definition) is 4. The lowest BCUT2D eigenvalue weighted by atomic mass is 10.1. The molecule has 0 spiro atoms. The Bertz CT molecular complexity index is 624. The van der Waals surface area contributed by atoms with Gasteiger partial charge in [0.25, 0.3) is 0 Å². The largest absolute Gasteiger partial charge is 0.497 e. The van der Waals surface area contributed by atoms with Crippen molar-refractivity contribution in [1.29, 1.82) is 0 Å². The smallest absolute Gasteiger partial charge is 0.141 e. The van der Waals surface area contributed by atoms with Crippen molar-refractivity contribution in [3.8, 4) is 5.75 Å². The first-order chi connectivity index (χ1) is 9.67. The summed E-state index contributed by atoms with van der Waals surface area (Å²) < 4.78 is 6.02. The third-order valence-corrected chi connectivity index (χ3v) is 4.25. The summed E-state index contributed by atoms with van der Waals surface area (Å²) in [6, 6.07) is 7.94. The van der Waals surface area contributed by atoms with Gasteiger partial charge in [-0.05, 0) is 46.5 Å². The molecule has 0 amide bonds. The van der Waals surface area contributed by atoms with E-state index in [1.807, 2.05) is 24.3 Å². The number of nitrogen functional groups attached to an aromatic ring is 1. The van der Waals surface area contributed by atoms with Gasteiger partial charge in [-0.15, -0.1) is 0 Å². The summed E-state index contributed by atoms with van der Waals surface area (Å²) >= 11 is 3.49. The van der Waals surface area contributed by atoms with Gasteiger partial charge >= 0.3 is 0 Å². The molecule has 1 heterocycles. The normalized spacial score (nSPS) is 14.3. The van der Waals surface area contributed by atoms with Crippen molar-refractivity contribution >= 4 is 21.7 Å². The molecular weight excluding hydrogens is 318 g/mol. The number of hydrogen-bond donors (Lipinski definition) is 1. The summed E-state index contributed by atoms with van der Waals surface area (Å²) in [6.07, 6.45) is 3.06. The van der Waals surface area contributed by atoms with Gasteiger partial charge in [-0.3, -0.25) is 0 Å². The number of benzene rings is 1. The number of halogens is 1. The molecular formula is C15H16BrN3O. The maximum absolute atomic E-state index is 5.97. The lowest BCUT2D eigenvalue weighted by molar-refractivity contribution is 0.414. The highest BCUT2D eigenvalue weighted by Gasteiger charge is 2.28. The summed E-state index contributed by atoms with van der Waals surface area (Å²) in [7, 11) is 1.66. The standard InChI is InChI=1S/C15H16BrN3O/c1-20-11-6-2-9(3-7-11)8-12-18-14(10-4-5-10)13(16)15(17)19-12/h2-3,6-7,10H,4-5,8H2,1H3,(H2,17,18,19). The zero-order chi connectivity index (χ0) is 14.1. The Kier molecular flexibility index (Phi) is 3.61. The number of ether oxygens (including phenoxy) is 1. The van der Waals surface area contributed by atoms with E-state index in [1.54, 1.807) is 7.11 Å².